The van der Waals surface area contributed by atoms with Gasteiger partial charge in [0, 0.05) is 5.75 Å². The van der Waals surface area contributed by atoms with Gasteiger partial charge in [0.2, 0.25) is 0 Å². The normalized spacial score (nSPS) is 11.7. The van der Waals surface area contributed by atoms with Crippen molar-refractivity contribution >= 4 is 15.8 Å². The van der Waals surface area contributed by atoms with E-state index < -0.39 is 9.84 Å². The summed E-state index contributed by atoms with van der Waals surface area (Å²) in [7, 11) is 0.198. The molecule has 0 bridgehead atoms. The van der Waals surface area contributed by atoms with Gasteiger partial charge in [-0.15, -0.1) is 0 Å². The molecule has 0 aromatic rings. The van der Waals surface area contributed by atoms with Crippen molar-refractivity contribution in [2.24, 2.45) is 0 Å². The predicted molar refractivity (Wildman–Crippen MR) is 58.5 cm³/mol. The first kappa shape index (κ1) is 14.4. The Labute approximate surface area is 91.3 Å². The van der Waals surface area contributed by atoms with Gasteiger partial charge in [-0.2, -0.15) is 0 Å². The number of carbonyl (C=O) groups is 1. The third-order valence-corrected chi connectivity index (χ3v) is 3.85. The second-order valence-electron chi connectivity index (χ2n) is 3.40. The molecule has 0 aromatic carbocycles. The smallest absolute Gasteiger partial charge is 0.319 e. The minimum Gasteiger partial charge on any atom is -0.468 e. The number of nitrogens with zero attached hydrogens (tertiary/aromatic N) is 1. The molecular formula is C9H19NO4S. The maximum Gasteiger partial charge on any atom is 0.319 e. The molecule has 0 heterocycles. The zero-order valence-electron chi connectivity index (χ0n) is 9.52. The Kier molecular flexibility index (Phi) is 6.51. The van der Waals surface area contributed by atoms with E-state index in [1.165, 1.54) is 7.11 Å². The number of esters is 1. The molecule has 6 heteroatoms. The minimum atomic E-state index is -2.89. The number of ether oxygens (including phenoxy) is 1. The molecule has 0 N–H and O–H groups in total. The van der Waals surface area contributed by atoms with E-state index in [0.29, 0.717) is 13.0 Å². The van der Waals surface area contributed by atoms with Crippen molar-refractivity contribution in [1.29, 1.82) is 0 Å². The number of likely N-dealkylation sites (N-methyl/N-ethyl adjacent to an activating group) is 1. The van der Waals surface area contributed by atoms with Crippen LogP contribution in [0.25, 0.3) is 0 Å². The first-order valence-electron chi connectivity index (χ1n) is 4.87. The molecule has 0 amide bonds. The fourth-order valence-electron chi connectivity index (χ4n) is 1.06. The van der Waals surface area contributed by atoms with Gasteiger partial charge in [0.25, 0.3) is 0 Å². The molecule has 0 aliphatic rings. The van der Waals surface area contributed by atoms with Gasteiger partial charge in [0.05, 0.1) is 19.4 Å². The number of rotatable bonds is 7. The van der Waals surface area contributed by atoms with Gasteiger partial charge in [-0.05, 0) is 20.0 Å². The van der Waals surface area contributed by atoms with Crippen LogP contribution in [0.1, 0.15) is 13.3 Å². The Hall–Kier alpha value is -0.620. The monoisotopic (exact) mass is 237 g/mol. The van der Waals surface area contributed by atoms with Gasteiger partial charge in [0.1, 0.15) is 9.84 Å². The molecule has 0 saturated carbocycles. The molecule has 15 heavy (non-hydrogen) atoms. The molecule has 0 radical (unpaired) electrons. The Bertz CT molecular complexity index is 286. The largest absolute Gasteiger partial charge is 0.468 e. The van der Waals surface area contributed by atoms with Gasteiger partial charge < -0.3 is 4.74 Å². The number of carbonyl (C=O) groups excluding carboxylic acids is 1. The van der Waals surface area contributed by atoms with Crippen LogP contribution in [0.5, 0.6) is 0 Å². The minimum absolute atomic E-state index is 0.174. The lowest BCUT2D eigenvalue weighted by molar-refractivity contribution is -0.141. The van der Waals surface area contributed by atoms with Crippen LogP contribution in [0.2, 0.25) is 0 Å². The molecule has 0 spiro atoms. The highest BCUT2D eigenvalue weighted by Gasteiger charge is 2.09. The summed E-state index contributed by atoms with van der Waals surface area (Å²) in [5, 5.41) is 0. The van der Waals surface area contributed by atoms with Crippen molar-refractivity contribution in [2.45, 2.75) is 13.3 Å². The number of methoxy groups -OCH3 is 1. The van der Waals surface area contributed by atoms with E-state index in [0.717, 1.165) is 0 Å². The summed E-state index contributed by atoms with van der Waals surface area (Å²) >= 11 is 0. The highest BCUT2D eigenvalue weighted by Crippen LogP contribution is 1.95. The van der Waals surface area contributed by atoms with Crippen molar-refractivity contribution in [3.63, 3.8) is 0 Å². The van der Waals surface area contributed by atoms with Crippen LogP contribution in [0.15, 0.2) is 0 Å². The molecule has 0 aliphatic heterocycles. The highest BCUT2D eigenvalue weighted by atomic mass is 32.2. The Morgan fingerprint density at radius 2 is 2.00 bits per heavy atom. The first-order chi connectivity index (χ1) is 6.91. The van der Waals surface area contributed by atoms with Crippen LogP contribution in [-0.4, -0.2) is 58.0 Å². The average molecular weight is 237 g/mol. The van der Waals surface area contributed by atoms with E-state index in [1.807, 2.05) is 0 Å². The summed E-state index contributed by atoms with van der Waals surface area (Å²) in [5.41, 5.74) is 0. The Balaban J connectivity index is 3.73. The standard InChI is InChI=1S/C9H19NO4S/c1-4-15(12,13)7-5-6-10(2)8-9(11)14-3/h4-8H2,1-3H3. The third kappa shape index (κ3) is 7.33. The maximum absolute atomic E-state index is 11.1. The van der Waals surface area contributed by atoms with Gasteiger partial charge in [0.15, 0.2) is 0 Å². The number of hydrogen-bond acceptors (Lipinski definition) is 5. The van der Waals surface area contributed by atoms with Crippen molar-refractivity contribution < 1.29 is 17.9 Å². The summed E-state index contributed by atoms with van der Waals surface area (Å²) in [6.07, 6.45) is 0.545. The molecule has 0 aliphatic carbocycles. The molecule has 0 atom stereocenters. The second kappa shape index (κ2) is 6.79. The summed E-state index contributed by atoms with van der Waals surface area (Å²) in [5.74, 6) is 0.0405. The third-order valence-electron chi connectivity index (χ3n) is 2.06. The molecule has 0 aromatic heterocycles. The second-order valence-corrected chi connectivity index (χ2v) is 5.88. The van der Waals surface area contributed by atoms with Crippen LogP contribution in [0.4, 0.5) is 0 Å². The SMILES string of the molecule is CCS(=O)(=O)CCCN(C)CC(=O)OC. The van der Waals surface area contributed by atoms with Crippen molar-refractivity contribution in [3.05, 3.63) is 0 Å². The molecule has 0 saturated heterocycles. The average Bonchev–Trinajstić information content (AvgIpc) is 2.17. The molecule has 90 valence electrons. The fourth-order valence-corrected chi connectivity index (χ4v) is 1.92. The zero-order valence-corrected chi connectivity index (χ0v) is 10.3. The van der Waals surface area contributed by atoms with Crippen molar-refractivity contribution in [2.75, 3.05) is 38.8 Å². The molecule has 0 rings (SSSR count). The van der Waals surface area contributed by atoms with Crippen molar-refractivity contribution in [3.8, 4) is 0 Å². The van der Waals surface area contributed by atoms with Crippen molar-refractivity contribution in [1.82, 2.24) is 4.90 Å². The van der Waals surface area contributed by atoms with Gasteiger partial charge in [-0.25, -0.2) is 8.42 Å². The van der Waals surface area contributed by atoms with Gasteiger partial charge in [-0.3, -0.25) is 9.69 Å². The highest BCUT2D eigenvalue weighted by molar-refractivity contribution is 7.91. The van der Waals surface area contributed by atoms with Crippen LogP contribution in [0, 0.1) is 0 Å². The first-order valence-corrected chi connectivity index (χ1v) is 6.69. The predicted octanol–water partition coefficient (Wildman–Crippen LogP) is -0.0840. The molecule has 5 nitrogen and oxygen atoms in total. The van der Waals surface area contributed by atoms with Crippen LogP contribution >= 0.6 is 0 Å². The summed E-state index contributed by atoms with van der Waals surface area (Å²) in [6.45, 7) is 2.41. The van der Waals surface area contributed by atoms with E-state index in [9.17, 15) is 13.2 Å². The Morgan fingerprint density at radius 3 is 2.47 bits per heavy atom. The lowest BCUT2D eigenvalue weighted by Crippen LogP contribution is -2.28. The molecule has 0 unspecified atom stereocenters. The maximum atomic E-state index is 11.1. The summed E-state index contributed by atoms with van der Waals surface area (Å²) < 4.78 is 26.8. The van der Waals surface area contributed by atoms with Gasteiger partial charge in [-0.1, -0.05) is 6.92 Å². The zero-order chi connectivity index (χ0) is 11.9. The lowest BCUT2D eigenvalue weighted by Gasteiger charge is -2.14. The fraction of sp³-hybridized carbons (Fsp3) is 0.889. The van der Waals surface area contributed by atoms with Crippen LogP contribution < -0.4 is 0 Å². The van der Waals surface area contributed by atoms with Crippen LogP contribution in [-0.2, 0) is 19.4 Å². The van der Waals surface area contributed by atoms with E-state index in [-0.39, 0.29) is 24.0 Å². The van der Waals surface area contributed by atoms with Gasteiger partial charge >= 0.3 is 5.97 Å². The lowest BCUT2D eigenvalue weighted by atomic mass is 10.4. The summed E-state index contributed by atoms with van der Waals surface area (Å²) in [4.78, 5) is 12.6. The number of hydrogen-bond donors (Lipinski definition) is 0. The number of sulfone groups is 1. The van der Waals surface area contributed by atoms with E-state index >= 15 is 0 Å². The molecular weight excluding hydrogens is 218 g/mol. The quantitative estimate of drug-likeness (QED) is 0.579. The van der Waals surface area contributed by atoms with E-state index in [2.05, 4.69) is 4.74 Å². The topological polar surface area (TPSA) is 63.7 Å². The van der Waals surface area contributed by atoms with E-state index in [1.54, 1.807) is 18.9 Å². The van der Waals surface area contributed by atoms with E-state index in [4.69, 9.17) is 0 Å². The summed E-state index contributed by atoms with van der Waals surface area (Å²) in [6, 6.07) is 0. The molecule has 0 fully saturated rings. The Morgan fingerprint density at radius 1 is 1.40 bits per heavy atom. The van der Waals surface area contributed by atoms with Crippen LogP contribution in [0.3, 0.4) is 0 Å².